The maximum absolute atomic E-state index is 16.7. The Morgan fingerprint density at radius 3 is 2.15 bits per heavy atom. The first kappa shape index (κ1) is 44.6. The van der Waals surface area contributed by atoms with E-state index in [0.29, 0.717) is 87.9 Å². The molecule has 1 aliphatic carbocycles. The number of fused-ring (bicyclic) bond motifs is 4. The van der Waals surface area contributed by atoms with Gasteiger partial charge in [-0.3, -0.25) is 9.59 Å². The zero-order chi connectivity index (χ0) is 47.5. The van der Waals surface area contributed by atoms with Crippen LogP contribution in [-0.2, 0) is 34.5 Å². The van der Waals surface area contributed by atoms with E-state index in [1.807, 2.05) is 44.2 Å². The molecule has 3 aliphatic heterocycles. The first-order chi connectivity index (χ1) is 32.8. The maximum Gasteiger partial charge on any atom is 0.407 e. The highest BCUT2D eigenvalue weighted by Gasteiger charge is 2.53. The number of carbonyl (C=O) groups is 4. The zero-order valence-electron chi connectivity index (χ0n) is 37.8. The number of carbonyl (C=O) groups excluding carboxylic acids is 4. The van der Waals surface area contributed by atoms with E-state index in [1.165, 1.54) is 26.4 Å². The number of benzene rings is 4. The number of nitrogens with one attached hydrogen (secondary N) is 4. The monoisotopic (exact) mass is 928 g/mol. The number of aromatic nitrogens is 4. The predicted molar refractivity (Wildman–Crippen MR) is 244 cm³/mol. The zero-order valence-corrected chi connectivity index (χ0v) is 37.8. The van der Waals surface area contributed by atoms with Gasteiger partial charge in [-0.2, -0.15) is 8.78 Å². The van der Waals surface area contributed by atoms with Gasteiger partial charge in [0.05, 0.1) is 69.0 Å². The van der Waals surface area contributed by atoms with E-state index in [2.05, 4.69) is 25.6 Å². The van der Waals surface area contributed by atoms with E-state index in [1.54, 1.807) is 58.5 Å². The van der Waals surface area contributed by atoms with Crippen LogP contribution in [0.5, 0.6) is 0 Å². The number of imidazole rings is 2. The standard InChI is InChI=1S/C50H50F2N8O8/c1-27(2)41(57-47(63)65-3)45(61)60-26-49(67-19-20-68-49)24-40(60)43-53-25-38(56-43)31-13-16-33-32-15-12-29(21-34(32)50(51,52)35(33)22-31)30-14-17-36-37(23-30)55-44(54-36)39-11-8-18-59(39)46(62)42(58-48(64)66-4)28-9-6-5-7-10-28/h5-7,9-10,12-17,21-23,25,27,39-42H,8,11,18-20,24,26H2,1-4H3,(H,53,56)(H,54,55)(H,57,63)(H,58,64)/t39-,40+,41?,42+/m0/s1. The van der Waals surface area contributed by atoms with Gasteiger partial charge in [0.2, 0.25) is 5.91 Å². The van der Waals surface area contributed by atoms with Gasteiger partial charge in [-0.1, -0.05) is 74.5 Å². The molecule has 0 radical (unpaired) electrons. The number of hydrogen-bond donors (Lipinski definition) is 4. The molecule has 4 atom stereocenters. The van der Waals surface area contributed by atoms with Gasteiger partial charge in [0, 0.05) is 29.7 Å². The minimum absolute atomic E-state index is 0.108. The lowest BCUT2D eigenvalue weighted by molar-refractivity contribution is -0.153. The fraction of sp³-hybridized carbons (Fsp3) is 0.360. The Bertz CT molecular complexity index is 2930. The molecule has 68 heavy (non-hydrogen) atoms. The molecule has 3 saturated heterocycles. The summed E-state index contributed by atoms with van der Waals surface area (Å²) in [5, 5.41) is 5.33. The Kier molecular flexibility index (Phi) is 11.5. The van der Waals surface area contributed by atoms with Gasteiger partial charge in [-0.05, 0) is 70.8 Å². The summed E-state index contributed by atoms with van der Waals surface area (Å²) >= 11 is 0. The topological polar surface area (TPSA) is 193 Å². The van der Waals surface area contributed by atoms with Crippen LogP contribution in [-0.4, -0.2) is 106 Å². The number of rotatable bonds is 10. The lowest BCUT2D eigenvalue weighted by atomic mass is 9.98. The van der Waals surface area contributed by atoms with Gasteiger partial charge in [0.1, 0.15) is 23.7 Å². The lowest BCUT2D eigenvalue weighted by Gasteiger charge is -2.30. The number of methoxy groups -OCH3 is 2. The molecule has 18 heteroatoms. The summed E-state index contributed by atoms with van der Waals surface area (Å²) in [6, 6.07) is 21.7. The quantitative estimate of drug-likeness (QED) is 0.105. The summed E-state index contributed by atoms with van der Waals surface area (Å²) in [5.74, 6) is -4.29. The normalized spacial score (nSPS) is 19.8. The van der Waals surface area contributed by atoms with Crippen LogP contribution in [0.15, 0.2) is 91.1 Å². The van der Waals surface area contributed by atoms with Crippen molar-refractivity contribution in [2.75, 3.05) is 40.5 Å². The molecule has 352 valence electrons. The largest absolute Gasteiger partial charge is 0.453 e. The van der Waals surface area contributed by atoms with Crippen LogP contribution >= 0.6 is 0 Å². The first-order valence-corrected chi connectivity index (χ1v) is 22.6. The van der Waals surface area contributed by atoms with Crippen LogP contribution < -0.4 is 10.6 Å². The SMILES string of the molecule is COC(=O)NC(C(=O)N1CC2(C[C@@H]1c1ncc(-c3ccc4c(c3)C(F)(F)c3cc(-c5ccc6nc([C@@H]7CCCN7C(=O)[C@H](NC(=O)OC)c7ccccc7)[nH]c6c5)ccc3-4)[nH]1)OCCO2)C(C)C. The molecule has 4 aliphatic rings. The Labute approximate surface area is 389 Å². The van der Waals surface area contributed by atoms with Crippen molar-refractivity contribution in [2.45, 2.75) is 69.0 Å². The molecule has 10 rings (SSSR count). The summed E-state index contributed by atoms with van der Waals surface area (Å²) in [5.41, 5.74) is 4.82. The number of nitrogens with zero attached hydrogens (tertiary/aromatic N) is 4. The third kappa shape index (κ3) is 7.90. The predicted octanol–water partition coefficient (Wildman–Crippen LogP) is 7.90. The Hall–Kier alpha value is -7.18. The molecule has 1 unspecified atom stereocenters. The number of alkyl halides is 2. The average Bonchev–Trinajstić information content (AvgIpc) is 4.23. The van der Waals surface area contributed by atoms with Crippen molar-refractivity contribution in [1.82, 2.24) is 40.4 Å². The number of halogens is 2. The summed E-state index contributed by atoms with van der Waals surface area (Å²) < 4.78 is 55.1. The summed E-state index contributed by atoms with van der Waals surface area (Å²) in [6.45, 7) is 4.94. The van der Waals surface area contributed by atoms with Gasteiger partial charge < -0.3 is 49.3 Å². The maximum atomic E-state index is 16.7. The van der Waals surface area contributed by atoms with Crippen LogP contribution in [0.1, 0.15) is 79.6 Å². The lowest BCUT2D eigenvalue weighted by Crippen LogP contribution is -2.52. The number of aromatic amines is 2. The summed E-state index contributed by atoms with van der Waals surface area (Å²) in [6.07, 6.45) is 1.78. The highest BCUT2D eigenvalue weighted by atomic mass is 19.3. The molecule has 2 aromatic heterocycles. The van der Waals surface area contributed by atoms with Crippen molar-refractivity contribution < 1.29 is 46.9 Å². The van der Waals surface area contributed by atoms with Crippen molar-refractivity contribution >= 4 is 35.0 Å². The van der Waals surface area contributed by atoms with Crippen LogP contribution in [0.25, 0.3) is 44.5 Å². The van der Waals surface area contributed by atoms with E-state index in [0.717, 1.165) is 6.42 Å². The number of alkyl carbamates (subject to hydrolysis) is 2. The van der Waals surface area contributed by atoms with E-state index >= 15 is 8.78 Å². The molecule has 4 amide bonds. The third-order valence-corrected chi connectivity index (χ3v) is 13.5. The minimum atomic E-state index is -3.33. The highest BCUT2D eigenvalue weighted by molar-refractivity contribution is 5.89. The molecule has 1 spiro atoms. The molecular weight excluding hydrogens is 879 g/mol. The van der Waals surface area contributed by atoms with Crippen LogP contribution in [0.2, 0.25) is 0 Å². The van der Waals surface area contributed by atoms with Crippen LogP contribution in [0.4, 0.5) is 18.4 Å². The smallest absolute Gasteiger partial charge is 0.407 e. The van der Waals surface area contributed by atoms with Gasteiger partial charge in [-0.25, -0.2) is 19.6 Å². The summed E-state index contributed by atoms with van der Waals surface area (Å²) in [4.78, 5) is 72.2. The first-order valence-electron chi connectivity index (χ1n) is 22.6. The van der Waals surface area contributed by atoms with E-state index in [4.69, 9.17) is 23.9 Å². The number of amides is 4. The van der Waals surface area contributed by atoms with Crippen LogP contribution in [0.3, 0.4) is 0 Å². The average molecular weight is 929 g/mol. The van der Waals surface area contributed by atoms with Gasteiger partial charge in [-0.15, -0.1) is 0 Å². The second-order valence-electron chi connectivity index (χ2n) is 18.0. The van der Waals surface area contributed by atoms with Crippen LogP contribution in [0, 0.1) is 5.92 Å². The second kappa shape index (κ2) is 17.5. The fourth-order valence-corrected chi connectivity index (χ4v) is 10.1. The van der Waals surface area contributed by atoms with E-state index in [-0.39, 0.29) is 47.9 Å². The second-order valence-corrected chi connectivity index (χ2v) is 18.0. The van der Waals surface area contributed by atoms with Crippen molar-refractivity contribution in [3.05, 3.63) is 119 Å². The third-order valence-electron chi connectivity index (χ3n) is 13.5. The van der Waals surface area contributed by atoms with Gasteiger partial charge >= 0.3 is 12.2 Å². The minimum Gasteiger partial charge on any atom is -0.453 e. The molecule has 0 saturated carbocycles. The van der Waals surface area contributed by atoms with E-state index in [9.17, 15) is 19.2 Å². The van der Waals surface area contributed by atoms with E-state index < -0.39 is 42.0 Å². The Morgan fingerprint density at radius 2 is 1.44 bits per heavy atom. The Morgan fingerprint density at radius 1 is 0.779 bits per heavy atom. The van der Waals surface area contributed by atoms with Crippen molar-refractivity contribution in [2.24, 2.45) is 5.92 Å². The number of H-pyrrole nitrogens is 2. The van der Waals surface area contributed by atoms with Gasteiger partial charge in [0.15, 0.2) is 5.79 Å². The Balaban J connectivity index is 0.890. The molecule has 16 nitrogen and oxygen atoms in total. The fourth-order valence-electron chi connectivity index (χ4n) is 10.1. The van der Waals surface area contributed by atoms with Crippen molar-refractivity contribution in [3.8, 4) is 33.5 Å². The molecular formula is C50H50F2N8O8. The van der Waals surface area contributed by atoms with Crippen molar-refractivity contribution in [3.63, 3.8) is 0 Å². The molecule has 0 bridgehead atoms. The molecule has 5 heterocycles. The molecule has 4 N–H and O–H groups in total. The summed E-state index contributed by atoms with van der Waals surface area (Å²) in [7, 11) is 2.48. The van der Waals surface area contributed by atoms with Crippen molar-refractivity contribution in [1.29, 1.82) is 0 Å². The number of hydrogen-bond acceptors (Lipinski definition) is 10. The molecule has 6 aromatic rings. The molecule has 3 fully saturated rings. The van der Waals surface area contributed by atoms with Gasteiger partial charge in [0.25, 0.3) is 11.8 Å². The number of ether oxygens (including phenoxy) is 4. The highest BCUT2D eigenvalue weighted by Crippen LogP contribution is 2.53. The number of likely N-dealkylation sites (tertiary alicyclic amines) is 2. The molecule has 4 aromatic carbocycles.